The summed E-state index contributed by atoms with van der Waals surface area (Å²) in [6.45, 7) is 0. The van der Waals surface area contributed by atoms with Crippen LogP contribution in [0, 0.1) is 0 Å². The molecule has 108 valence electrons. The van der Waals surface area contributed by atoms with Crippen LogP contribution < -0.4 is 5.32 Å². The summed E-state index contributed by atoms with van der Waals surface area (Å²) in [5.41, 5.74) is 1.94. The fraction of sp³-hybridized carbons (Fsp3) is 0.188. The number of amides is 1. The van der Waals surface area contributed by atoms with E-state index in [1.807, 2.05) is 30.3 Å². The molecule has 1 aromatic heterocycles. The Labute approximate surface area is 122 Å². The second-order valence-electron chi connectivity index (χ2n) is 4.60. The maximum atomic E-state index is 11.6. The van der Waals surface area contributed by atoms with Gasteiger partial charge in [0.25, 0.3) is 5.91 Å². The molecule has 0 bridgehead atoms. The highest BCUT2D eigenvalue weighted by Gasteiger charge is 2.12. The van der Waals surface area contributed by atoms with Crippen molar-refractivity contribution in [2.45, 2.75) is 12.8 Å². The zero-order valence-electron chi connectivity index (χ0n) is 11.7. The van der Waals surface area contributed by atoms with Crippen molar-refractivity contribution in [1.29, 1.82) is 0 Å². The molecule has 0 fully saturated rings. The lowest BCUT2D eigenvalue weighted by molar-refractivity contribution is 0.0696. The molecule has 1 heterocycles. The summed E-state index contributed by atoms with van der Waals surface area (Å²) in [6, 6.07) is 12.6. The fourth-order valence-corrected chi connectivity index (χ4v) is 2.00. The molecule has 0 saturated heterocycles. The van der Waals surface area contributed by atoms with E-state index in [2.05, 4.69) is 10.3 Å². The normalized spacial score (nSPS) is 10.1. The van der Waals surface area contributed by atoms with E-state index in [1.54, 1.807) is 0 Å². The molecule has 2 rings (SSSR count). The first kappa shape index (κ1) is 14.7. The van der Waals surface area contributed by atoms with Gasteiger partial charge in [-0.1, -0.05) is 30.3 Å². The summed E-state index contributed by atoms with van der Waals surface area (Å²) in [4.78, 5) is 27.0. The summed E-state index contributed by atoms with van der Waals surface area (Å²) in [6.07, 6.45) is 1.32. The number of rotatable bonds is 5. The van der Waals surface area contributed by atoms with Crippen LogP contribution in [0.25, 0.3) is 0 Å². The van der Waals surface area contributed by atoms with Gasteiger partial charge >= 0.3 is 5.97 Å². The van der Waals surface area contributed by atoms with Crippen molar-refractivity contribution in [2.24, 2.45) is 0 Å². The number of hydrogen-bond donors (Lipinski definition) is 2. The van der Waals surface area contributed by atoms with Crippen molar-refractivity contribution < 1.29 is 14.7 Å². The SMILES string of the molecule is CNC(=O)c1cc(C(=O)O)cc(CCc2ccccc2)n1. The lowest BCUT2D eigenvalue weighted by atomic mass is 10.1. The van der Waals surface area contributed by atoms with Gasteiger partial charge in [-0.15, -0.1) is 0 Å². The second-order valence-corrected chi connectivity index (χ2v) is 4.60. The lowest BCUT2D eigenvalue weighted by Crippen LogP contribution is -2.20. The summed E-state index contributed by atoms with van der Waals surface area (Å²) in [7, 11) is 1.49. The first-order chi connectivity index (χ1) is 10.1. The number of hydrogen-bond acceptors (Lipinski definition) is 3. The summed E-state index contributed by atoms with van der Waals surface area (Å²) >= 11 is 0. The molecule has 0 saturated carbocycles. The molecule has 1 aromatic carbocycles. The van der Waals surface area contributed by atoms with Crippen LogP contribution in [0.3, 0.4) is 0 Å². The molecule has 0 radical (unpaired) electrons. The number of carbonyl (C=O) groups is 2. The van der Waals surface area contributed by atoms with Gasteiger partial charge in [0.15, 0.2) is 0 Å². The van der Waals surface area contributed by atoms with Crippen molar-refractivity contribution in [3.05, 3.63) is 65.0 Å². The standard InChI is InChI=1S/C16H16N2O3/c1-17-15(19)14-10-12(16(20)21)9-13(18-14)8-7-11-5-3-2-4-6-11/h2-6,9-10H,7-8H2,1H3,(H,17,19)(H,20,21). The Balaban J connectivity index is 2.23. The topological polar surface area (TPSA) is 79.3 Å². The van der Waals surface area contributed by atoms with Gasteiger partial charge in [0, 0.05) is 12.7 Å². The van der Waals surface area contributed by atoms with E-state index in [0.717, 1.165) is 12.0 Å². The number of nitrogens with one attached hydrogen (secondary N) is 1. The first-order valence-corrected chi connectivity index (χ1v) is 6.60. The van der Waals surface area contributed by atoms with E-state index < -0.39 is 5.97 Å². The smallest absolute Gasteiger partial charge is 0.335 e. The van der Waals surface area contributed by atoms with Crippen LogP contribution in [0.4, 0.5) is 0 Å². The predicted molar refractivity (Wildman–Crippen MR) is 78.4 cm³/mol. The predicted octanol–water partition coefficient (Wildman–Crippen LogP) is 1.92. The Hall–Kier alpha value is -2.69. The molecular weight excluding hydrogens is 268 g/mol. The number of benzene rings is 1. The third kappa shape index (κ3) is 3.89. The number of nitrogens with zero attached hydrogens (tertiary/aromatic N) is 1. The third-order valence-corrected chi connectivity index (χ3v) is 3.10. The van der Waals surface area contributed by atoms with E-state index in [0.29, 0.717) is 12.1 Å². The average molecular weight is 284 g/mol. The Bertz CT molecular complexity index is 654. The summed E-state index contributed by atoms with van der Waals surface area (Å²) < 4.78 is 0. The molecule has 2 N–H and O–H groups in total. The van der Waals surface area contributed by atoms with Gasteiger partial charge in [-0.3, -0.25) is 4.79 Å². The number of aryl methyl sites for hydroxylation is 2. The quantitative estimate of drug-likeness (QED) is 0.879. The highest BCUT2D eigenvalue weighted by Crippen LogP contribution is 2.10. The number of aromatic carboxylic acids is 1. The van der Waals surface area contributed by atoms with Crippen LogP contribution in [0.1, 0.15) is 32.1 Å². The van der Waals surface area contributed by atoms with Gasteiger partial charge in [-0.05, 0) is 30.5 Å². The van der Waals surface area contributed by atoms with Gasteiger partial charge in [-0.2, -0.15) is 0 Å². The van der Waals surface area contributed by atoms with E-state index >= 15 is 0 Å². The van der Waals surface area contributed by atoms with Crippen LogP contribution in [0.5, 0.6) is 0 Å². The van der Waals surface area contributed by atoms with Crippen molar-refractivity contribution in [3.8, 4) is 0 Å². The summed E-state index contributed by atoms with van der Waals surface area (Å²) in [5.74, 6) is -1.46. The molecule has 5 heteroatoms. The number of pyridine rings is 1. The van der Waals surface area contributed by atoms with E-state index in [4.69, 9.17) is 5.11 Å². The largest absolute Gasteiger partial charge is 0.478 e. The molecule has 0 aliphatic rings. The number of aromatic nitrogens is 1. The maximum Gasteiger partial charge on any atom is 0.335 e. The second kappa shape index (κ2) is 6.65. The molecule has 0 spiro atoms. The molecule has 2 aromatic rings. The van der Waals surface area contributed by atoms with Crippen LogP contribution >= 0.6 is 0 Å². The molecule has 0 unspecified atom stereocenters. The highest BCUT2D eigenvalue weighted by molar-refractivity contribution is 5.95. The molecule has 1 amide bonds. The van der Waals surface area contributed by atoms with Crippen molar-refractivity contribution in [3.63, 3.8) is 0 Å². The third-order valence-electron chi connectivity index (χ3n) is 3.10. The zero-order valence-corrected chi connectivity index (χ0v) is 11.7. The Morgan fingerprint density at radius 2 is 1.86 bits per heavy atom. The van der Waals surface area contributed by atoms with Crippen molar-refractivity contribution >= 4 is 11.9 Å². The van der Waals surface area contributed by atoms with Gasteiger partial charge in [0.2, 0.25) is 0 Å². The van der Waals surface area contributed by atoms with Crippen molar-refractivity contribution in [1.82, 2.24) is 10.3 Å². The zero-order chi connectivity index (χ0) is 15.2. The van der Waals surface area contributed by atoms with Gasteiger partial charge in [0.1, 0.15) is 5.69 Å². The van der Waals surface area contributed by atoms with E-state index in [9.17, 15) is 9.59 Å². The summed E-state index contributed by atoms with van der Waals surface area (Å²) in [5, 5.41) is 11.6. The number of carboxylic acid groups (broad SMARTS) is 1. The average Bonchev–Trinajstić information content (AvgIpc) is 2.52. The molecule has 0 atom stereocenters. The van der Waals surface area contributed by atoms with E-state index in [1.165, 1.54) is 19.2 Å². The molecule has 0 aliphatic heterocycles. The monoisotopic (exact) mass is 284 g/mol. The first-order valence-electron chi connectivity index (χ1n) is 6.60. The number of carboxylic acids is 1. The fourth-order valence-electron chi connectivity index (χ4n) is 2.00. The minimum absolute atomic E-state index is 0.0756. The van der Waals surface area contributed by atoms with Crippen LogP contribution in [-0.4, -0.2) is 29.0 Å². The Morgan fingerprint density at radius 3 is 2.48 bits per heavy atom. The lowest BCUT2D eigenvalue weighted by Gasteiger charge is -2.06. The van der Waals surface area contributed by atoms with Crippen LogP contribution in [-0.2, 0) is 12.8 Å². The molecule has 21 heavy (non-hydrogen) atoms. The van der Waals surface area contributed by atoms with Gasteiger partial charge in [0.05, 0.1) is 5.56 Å². The Morgan fingerprint density at radius 1 is 1.14 bits per heavy atom. The van der Waals surface area contributed by atoms with Gasteiger partial charge < -0.3 is 10.4 Å². The van der Waals surface area contributed by atoms with Gasteiger partial charge in [-0.25, -0.2) is 9.78 Å². The van der Waals surface area contributed by atoms with Crippen LogP contribution in [0.15, 0.2) is 42.5 Å². The van der Waals surface area contributed by atoms with Crippen LogP contribution in [0.2, 0.25) is 0 Å². The highest BCUT2D eigenvalue weighted by atomic mass is 16.4. The Kier molecular flexibility index (Phi) is 4.66. The minimum atomic E-state index is -1.07. The van der Waals surface area contributed by atoms with E-state index in [-0.39, 0.29) is 17.2 Å². The van der Waals surface area contributed by atoms with Crippen molar-refractivity contribution in [2.75, 3.05) is 7.05 Å². The minimum Gasteiger partial charge on any atom is -0.478 e. The molecule has 0 aliphatic carbocycles. The maximum absolute atomic E-state index is 11.6. The molecular formula is C16H16N2O3. The number of carbonyl (C=O) groups excluding carboxylic acids is 1. The molecule has 5 nitrogen and oxygen atoms in total.